The Bertz CT molecular complexity index is 900. The van der Waals surface area contributed by atoms with E-state index in [-0.39, 0.29) is 5.56 Å². The largest absolute Gasteiger partial charge is 0.422 e. The highest BCUT2D eigenvalue weighted by Crippen LogP contribution is 2.15. The minimum atomic E-state index is -0.653. The van der Waals surface area contributed by atoms with Crippen LogP contribution in [0.5, 0.6) is 0 Å². The molecular weight excluding hydrogens is 314 g/mol. The molecule has 0 aliphatic rings. The number of aryl methyl sites for hydroxylation is 1. The summed E-state index contributed by atoms with van der Waals surface area (Å²) >= 11 is 5.69. The molecule has 0 bridgehead atoms. The SMILES string of the molecule is O=C(Nc1ccc(CCCl)cc1)c1cc2ccccc2oc1=O. The minimum absolute atomic E-state index is 0.0199. The maximum atomic E-state index is 12.3. The number of hydrogen-bond donors (Lipinski definition) is 1. The third-order valence-corrected chi connectivity index (χ3v) is 3.67. The zero-order valence-corrected chi connectivity index (χ0v) is 13.0. The number of carbonyl (C=O) groups excluding carboxylic acids is 1. The summed E-state index contributed by atoms with van der Waals surface area (Å²) in [5.74, 6) is 0.0544. The van der Waals surface area contributed by atoms with Crippen LogP contribution >= 0.6 is 11.6 Å². The number of amides is 1. The van der Waals surface area contributed by atoms with Crippen molar-refractivity contribution >= 4 is 34.2 Å². The van der Waals surface area contributed by atoms with Crippen LogP contribution in [-0.2, 0) is 6.42 Å². The minimum Gasteiger partial charge on any atom is -0.422 e. The zero-order chi connectivity index (χ0) is 16.2. The Morgan fingerprint density at radius 2 is 1.83 bits per heavy atom. The van der Waals surface area contributed by atoms with Gasteiger partial charge in [0.2, 0.25) is 0 Å². The lowest BCUT2D eigenvalue weighted by Gasteiger charge is -2.06. The van der Waals surface area contributed by atoms with Gasteiger partial charge in [-0.2, -0.15) is 0 Å². The Balaban J connectivity index is 1.85. The van der Waals surface area contributed by atoms with E-state index in [0.29, 0.717) is 22.5 Å². The first-order valence-corrected chi connectivity index (χ1v) is 7.70. The van der Waals surface area contributed by atoms with Gasteiger partial charge in [0.25, 0.3) is 5.91 Å². The second-order valence-corrected chi connectivity index (χ2v) is 5.45. The molecule has 0 saturated heterocycles. The van der Waals surface area contributed by atoms with Gasteiger partial charge in [-0.3, -0.25) is 4.79 Å². The molecule has 5 heteroatoms. The summed E-state index contributed by atoms with van der Waals surface area (Å²) in [6, 6.07) is 15.9. The van der Waals surface area contributed by atoms with Crippen molar-refractivity contribution in [1.82, 2.24) is 0 Å². The van der Waals surface area contributed by atoms with Gasteiger partial charge in [-0.25, -0.2) is 4.79 Å². The maximum Gasteiger partial charge on any atom is 0.349 e. The van der Waals surface area contributed by atoms with Crippen LogP contribution in [0.4, 0.5) is 5.69 Å². The van der Waals surface area contributed by atoms with E-state index < -0.39 is 11.5 Å². The molecular formula is C18H14ClNO3. The Morgan fingerprint density at radius 3 is 2.57 bits per heavy atom. The lowest BCUT2D eigenvalue weighted by molar-refractivity contribution is 0.102. The second kappa shape index (κ2) is 6.67. The predicted molar refractivity (Wildman–Crippen MR) is 91.3 cm³/mol. The van der Waals surface area contributed by atoms with Gasteiger partial charge in [-0.15, -0.1) is 11.6 Å². The quantitative estimate of drug-likeness (QED) is 0.585. The molecule has 23 heavy (non-hydrogen) atoms. The number of fused-ring (bicyclic) bond motifs is 1. The fourth-order valence-electron chi connectivity index (χ4n) is 2.28. The molecule has 0 aliphatic carbocycles. The number of nitrogens with one attached hydrogen (secondary N) is 1. The molecule has 0 radical (unpaired) electrons. The highest BCUT2D eigenvalue weighted by Gasteiger charge is 2.13. The summed E-state index contributed by atoms with van der Waals surface area (Å²) in [5, 5.41) is 3.40. The number of carbonyl (C=O) groups is 1. The third kappa shape index (κ3) is 3.43. The van der Waals surface area contributed by atoms with Gasteiger partial charge in [0.15, 0.2) is 0 Å². The molecule has 1 heterocycles. The normalized spacial score (nSPS) is 10.7. The Labute approximate surface area is 137 Å². The molecule has 3 rings (SSSR count). The summed E-state index contributed by atoms with van der Waals surface area (Å²) in [6.45, 7) is 0. The molecule has 4 nitrogen and oxygen atoms in total. The predicted octanol–water partition coefficient (Wildman–Crippen LogP) is 3.83. The first kappa shape index (κ1) is 15.3. The van der Waals surface area contributed by atoms with Gasteiger partial charge in [0.05, 0.1) is 0 Å². The smallest absolute Gasteiger partial charge is 0.349 e. The Hall–Kier alpha value is -2.59. The van der Waals surface area contributed by atoms with Crippen LogP contribution in [0.2, 0.25) is 0 Å². The van der Waals surface area contributed by atoms with Crippen molar-refractivity contribution in [3.8, 4) is 0 Å². The molecule has 116 valence electrons. The average molecular weight is 328 g/mol. The van der Waals surface area contributed by atoms with Gasteiger partial charge in [-0.05, 0) is 36.2 Å². The van der Waals surface area contributed by atoms with Crippen LogP contribution in [0.15, 0.2) is 63.8 Å². The Kier molecular flexibility index (Phi) is 4.44. The second-order valence-electron chi connectivity index (χ2n) is 5.08. The van der Waals surface area contributed by atoms with Gasteiger partial charge in [-0.1, -0.05) is 30.3 Å². The summed E-state index contributed by atoms with van der Waals surface area (Å²) in [6.07, 6.45) is 0.768. The molecule has 1 aromatic heterocycles. The van der Waals surface area contributed by atoms with Crippen molar-refractivity contribution in [2.24, 2.45) is 0 Å². The average Bonchev–Trinajstić information content (AvgIpc) is 2.56. The zero-order valence-electron chi connectivity index (χ0n) is 12.2. The van der Waals surface area contributed by atoms with E-state index in [1.54, 1.807) is 36.4 Å². The van der Waals surface area contributed by atoms with Crippen molar-refractivity contribution in [1.29, 1.82) is 0 Å². The van der Waals surface area contributed by atoms with Crippen LogP contribution in [-0.4, -0.2) is 11.8 Å². The fourth-order valence-corrected chi connectivity index (χ4v) is 2.50. The van der Waals surface area contributed by atoms with Crippen molar-refractivity contribution in [3.05, 3.63) is 76.1 Å². The summed E-state index contributed by atoms with van der Waals surface area (Å²) in [7, 11) is 0. The van der Waals surface area contributed by atoms with Crippen molar-refractivity contribution in [2.45, 2.75) is 6.42 Å². The topological polar surface area (TPSA) is 59.3 Å². The van der Waals surface area contributed by atoms with E-state index in [0.717, 1.165) is 12.0 Å². The number of rotatable bonds is 4. The maximum absolute atomic E-state index is 12.3. The van der Waals surface area contributed by atoms with Crippen LogP contribution in [0, 0.1) is 0 Å². The van der Waals surface area contributed by atoms with E-state index in [1.807, 2.05) is 18.2 Å². The molecule has 1 amide bonds. The number of para-hydroxylation sites is 1. The molecule has 0 saturated carbocycles. The first-order valence-electron chi connectivity index (χ1n) is 7.16. The first-order chi connectivity index (χ1) is 11.2. The van der Waals surface area contributed by atoms with Crippen molar-refractivity contribution in [2.75, 3.05) is 11.2 Å². The Morgan fingerprint density at radius 1 is 1.09 bits per heavy atom. The molecule has 3 aromatic rings. The van der Waals surface area contributed by atoms with Gasteiger partial charge in [0, 0.05) is 17.0 Å². The molecule has 0 spiro atoms. The molecule has 2 aromatic carbocycles. The summed E-state index contributed by atoms with van der Waals surface area (Å²) in [5.41, 5.74) is 1.48. The highest BCUT2D eigenvalue weighted by atomic mass is 35.5. The highest BCUT2D eigenvalue weighted by molar-refractivity contribution is 6.18. The molecule has 0 aliphatic heterocycles. The van der Waals surface area contributed by atoms with Crippen LogP contribution in [0.1, 0.15) is 15.9 Å². The van der Waals surface area contributed by atoms with Crippen LogP contribution < -0.4 is 10.9 Å². The number of benzene rings is 2. The van der Waals surface area contributed by atoms with Crippen LogP contribution in [0.3, 0.4) is 0 Å². The van der Waals surface area contributed by atoms with E-state index in [4.69, 9.17) is 16.0 Å². The molecule has 0 unspecified atom stereocenters. The van der Waals surface area contributed by atoms with E-state index in [9.17, 15) is 9.59 Å². The van der Waals surface area contributed by atoms with Crippen molar-refractivity contribution in [3.63, 3.8) is 0 Å². The van der Waals surface area contributed by atoms with Gasteiger partial charge >= 0.3 is 5.63 Å². The standard InChI is InChI=1S/C18H14ClNO3/c19-10-9-12-5-7-14(8-6-12)20-17(21)15-11-13-3-1-2-4-16(13)23-18(15)22/h1-8,11H,9-10H2,(H,20,21). The van der Waals surface area contributed by atoms with Crippen molar-refractivity contribution < 1.29 is 9.21 Å². The molecule has 1 N–H and O–H groups in total. The van der Waals surface area contributed by atoms with E-state index in [2.05, 4.69) is 5.32 Å². The third-order valence-electron chi connectivity index (χ3n) is 3.48. The molecule has 0 fully saturated rings. The number of alkyl halides is 1. The lowest BCUT2D eigenvalue weighted by Crippen LogP contribution is -2.20. The monoisotopic (exact) mass is 327 g/mol. The number of anilines is 1. The summed E-state index contributed by atoms with van der Waals surface area (Å²) in [4.78, 5) is 24.3. The van der Waals surface area contributed by atoms with Crippen LogP contribution in [0.25, 0.3) is 11.0 Å². The molecule has 0 atom stereocenters. The van der Waals surface area contributed by atoms with E-state index in [1.165, 1.54) is 0 Å². The van der Waals surface area contributed by atoms with Gasteiger partial charge in [0.1, 0.15) is 11.1 Å². The summed E-state index contributed by atoms with van der Waals surface area (Å²) < 4.78 is 5.17. The van der Waals surface area contributed by atoms with E-state index >= 15 is 0 Å². The lowest BCUT2D eigenvalue weighted by atomic mass is 10.1. The fraction of sp³-hybridized carbons (Fsp3) is 0.111. The number of halogens is 1. The number of hydrogen-bond acceptors (Lipinski definition) is 3. The van der Waals surface area contributed by atoms with Gasteiger partial charge < -0.3 is 9.73 Å².